The van der Waals surface area contributed by atoms with Crippen LogP contribution in [0, 0.1) is 22.7 Å². The van der Waals surface area contributed by atoms with Crippen molar-refractivity contribution in [3.05, 3.63) is 89.2 Å². The number of nitrogens with zero attached hydrogens (tertiary/aromatic N) is 4. The normalized spacial score (nSPS) is 10.7. The van der Waals surface area contributed by atoms with E-state index in [1.165, 1.54) is 0 Å². The number of nitriles is 2. The van der Waals surface area contributed by atoms with Crippen LogP contribution in [0.15, 0.2) is 66.7 Å². The average molecular weight is 405 g/mol. The molecule has 0 radical (unpaired) electrons. The summed E-state index contributed by atoms with van der Waals surface area (Å²) in [5, 5.41) is 19.1. The number of imidazole rings is 1. The van der Waals surface area contributed by atoms with Crippen molar-refractivity contribution in [3.63, 3.8) is 0 Å². The Kier molecular flexibility index (Phi) is 6.11. The summed E-state index contributed by atoms with van der Waals surface area (Å²) in [6.07, 6.45) is 3.41. The maximum absolute atomic E-state index is 9.78. The standard InChI is InChI=1S/C27H24N4/c1-2-3-12-26-30-25-11-7-10-22(15-16-28)27(25)31(26)19-20-13-14-24(23(17-20)18-29)21-8-5-4-6-9-21/h4-11,13-14,17H,2-3,12,15,19H2,1H3. The maximum Gasteiger partial charge on any atom is 0.110 e. The van der Waals surface area contributed by atoms with E-state index in [1.54, 1.807) is 0 Å². The van der Waals surface area contributed by atoms with E-state index in [0.29, 0.717) is 18.5 Å². The first kappa shape index (κ1) is 20.4. The van der Waals surface area contributed by atoms with Crippen molar-refractivity contribution in [1.82, 2.24) is 9.55 Å². The molecule has 0 amide bonds. The zero-order chi connectivity index (χ0) is 21.6. The molecule has 0 atom stereocenters. The van der Waals surface area contributed by atoms with E-state index in [1.807, 2.05) is 60.7 Å². The van der Waals surface area contributed by atoms with Crippen LogP contribution in [0.3, 0.4) is 0 Å². The monoisotopic (exact) mass is 404 g/mol. The van der Waals surface area contributed by atoms with E-state index in [-0.39, 0.29) is 0 Å². The number of para-hydroxylation sites is 1. The summed E-state index contributed by atoms with van der Waals surface area (Å²) in [5.74, 6) is 1.04. The topological polar surface area (TPSA) is 65.4 Å². The van der Waals surface area contributed by atoms with E-state index in [9.17, 15) is 10.5 Å². The number of aromatic nitrogens is 2. The van der Waals surface area contributed by atoms with Crippen LogP contribution >= 0.6 is 0 Å². The first-order valence-corrected chi connectivity index (χ1v) is 10.7. The van der Waals surface area contributed by atoms with Gasteiger partial charge in [0.2, 0.25) is 0 Å². The fraction of sp³-hybridized carbons (Fsp3) is 0.222. The molecule has 152 valence electrons. The van der Waals surface area contributed by atoms with E-state index >= 15 is 0 Å². The summed E-state index contributed by atoms with van der Waals surface area (Å²) in [5.41, 5.74) is 6.66. The summed E-state index contributed by atoms with van der Waals surface area (Å²) < 4.78 is 2.23. The number of hydrogen-bond acceptors (Lipinski definition) is 3. The van der Waals surface area contributed by atoms with Gasteiger partial charge in [0.15, 0.2) is 0 Å². The van der Waals surface area contributed by atoms with Crippen LogP contribution in [0.4, 0.5) is 0 Å². The minimum atomic E-state index is 0.354. The fourth-order valence-electron chi connectivity index (χ4n) is 4.07. The van der Waals surface area contributed by atoms with E-state index < -0.39 is 0 Å². The Balaban J connectivity index is 1.79. The molecule has 0 aliphatic heterocycles. The molecule has 0 bridgehead atoms. The Morgan fingerprint density at radius 2 is 1.81 bits per heavy atom. The predicted octanol–water partition coefficient (Wildman–Crippen LogP) is 6.03. The lowest BCUT2D eigenvalue weighted by Crippen LogP contribution is -2.07. The van der Waals surface area contributed by atoms with Gasteiger partial charge in [-0.25, -0.2) is 4.98 Å². The second kappa shape index (κ2) is 9.28. The van der Waals surface area contributed by atoms with Crippen molar-refractivity contribution >= 4 is 11.0 Å². The molecule has 0 fully saturated rings. The Hall–Kier alpha value is -3.89. The minimum Gasteiger partial charge on any atom is -0.323 e. The van der Waals surface area contributed by atoms with Crippen molar-refractivity contribution in [2.75, 3.05) is 0 Å². The molecule has 1 heterocycles. The van der Waals surface area contributed by atoms with Crippen LogP contribution in [0.2, 0.25) is 0 Å². The second-order valence-electron chi connectivity index (χ2n) is 7.70. The molecule has 4 nitrogen and oxygen atoms in total. The van der Waals surface area contributed by atoms with Gasteiger partial charge in [0.1, 0.15) is 5.82 Å². The molecular weight excluding hydrogens is 380 g/mol. The highest BCUT2D eigenvalue weighted by Crippen LogP contribution is 2.27. The summed E-state index contributed by atoms with van der Waals surface area (Å²) in [4.78, 5) is 4.89. The molecule has 31 heavy (non-hydrogen) atoms. The molecule has 0 unspecified atom stereocenters. The van der Waals surface area contributed by atoms with Crippen LogP contribution in [0.1, 0.15) is 42.3 Å². The molecule has 0 aliphatic carbocycles. The van der Waals surface area contributed by atoms with Crippen LogP contribution in [-0.2, 0) is 19.4 Å². The van der Waals surface area contributed by atoms with Gasteiger partial charge in [-0.05, 0) is 40.8 Å². The lowest BCUT2D eigenvalue weighted by atomic mass is 9.98. The summed E-state index contributed by atoms with van der Waals surface area (Å²) in [6, 6.07) is 26.7. The van der Waals surface area contributed by atoms with Crippen molar-refractivity contribution < 1.29 is 0 Å². The number of fused-ring (bicyclic) bond motifs is 1. The smallest absolute Gasteiger partial charge is 0.110 e. The van der Waals surface area contributed by atoms with Crippen molar-refractivity contribution in [1.29, 1.82) is 10.5 Å². The van der Waals surface area contributed by atoms with Crippen LogP contribution < -0.4 is 0 Å². The third kappa shape index (κ3) is 4.20. The molecule has 0 aliphatic rings. The Labute approximate surface area is 183 Å². The van der Waals surface area contributed by atoms with Gasteiger partial charge in [-0.1, -0.05) is 67.9 Å². The summed E-state index contributed by atoms with van der Waals surface area (Å²) >= 11 is 0. The number of unbranched alkanes of at least 4 members (excludes halogenated alkanes) is 1. The quantitative estimate of drug-likeness (QED) is 0.378. The average Bonchev–Trinajstić information content (AvgIpc) is 3.16. The lowest BCUT2D eigenvalue weighted by molar-refractivity contribution is 0.689. The van der Waals surface area contributed by atoms with Gasteiger partial charge in [-0.2, -0.15) is 10.5 Å². The summed E-state index contributed by atoms with van der Waals surface area (Å²) in [6.45, 7) is 2.80. The van der Waals surface area contributed by atoms with Crippen LogP contribution in [0.25, 0.3) is 22.2 Å². The molecule has 1 aromatic heterocycles. The summed E-state index contributed by atoms with van der Waals surface area (Å²) in [7, 11) is 0. The predicted molar refractivity (Wildman–Crippen MR) is 123 cm³/mol. The molecule has 4 heteroatoms. The molecule has 0 spiro atoms. The minimum absolute atomic E-state index is 0.354. The molecule has 4 aromatic rings. The molecular formula is C27H24N4. The highest BCUT2D eigenvalue weighted by Gasteiger charge is 2.15. The van der Waals surface area contributed by atoms with E-state index in [2.05, 4.69) is 29.7 Å². The molecule has 0 N–H and O–H groups in total. The van der Waals surface area contributed by atoms with Crippen molar-refractivity contribution in [3.8, 4) is 23.3 Å². The van der Waals surface area contributed by atoms with Crippen LogP contribution in [0.5, 0.6) is 0 Å². The molecule has 3 aromatic carbocycles. The highest BCUT2D eigenvalue weighted by molar-refractivity contribution is 5.80. The van der Waals surface area contributed by atoms with Gasteiger partial charge in [-0.15, -0.1) is 0 Å². The number of rotatable bonds is 7. The number of benzene rings is 3. The first-order valence-electron chi connectivity index (χ1n) is 10.7. The molecule has 4 rings (SSSR count). The second-order valence-corrected chi connectivity index (χ2v) is 7.70. The van der Waals surface area contributed by atoms with Crippen molar-refractivity contribution in [2.24, 2.45) is 0 Å². The zero-order valence-electron chi connectivity index (χ0n) is 17.7. The third-order valence-corrected chi connectivity index (χ3v) is 5.58. The third-order valence-electron chi connectivity index (χ3n) is 5.58. The van der Waals surface area contributed by atoms with E-state index in [0.717, 1.165) is 58.4 Å². The zero-order valence-corrected chi connectivity index (χ0v) is 17.7. The molecule has 0 saturated heterocycles. The maximum atomic E-state index is 9.78. The Morgan fingerprint density at radius 1 is 0.968 bits per heavy atom. The van der Waals surface area contributed by atoms with Crippen molar-refractivity contribution in [2.45, 2.75) is 39.2 Å². The number of hydrogen-bond donors (Lipinski definition) is 0. The van der Waals surface area contributed by atoms with E-state index in [4.69, 9.17) is 4.98 Å². The van der Waals surface area contributed by atoms with Crippen LogP contribution in [-0.4, -0.2) is 9.55 Å². The van der Waals surface area contributed by atoms with Gasteiger partial charge in [0, 0.05) is 13.0 Å². The highest BCUT2D eigenvalue weighted by atomic mass is 15.1. The SMILES string of the molecule is CCCCc1nc2cccc(CC#N)c2n1Cc1ccc(-c2ccccc2)c(C#N)c1. The molecule has 0 saturated carbocycles. The van der Waals surface area contributed by atoms with Gasteiger partial charge in [0.05, 0.1) is 35.2 Å². The largest absolute Gasteiger partial charge is 0.323 e. The van der Waals surface area contributed by atoms with Gasteiger partial charge in [0.25, 0.3) is 0 Å². The fourth-order valence-corrected chi connectivity index (χ4v) is 4.07. The van der Waals surface area contributed by atoms with Gasteiger partial charge >= 0.3 is 0 Å². The Morgan fingerprint density at radius 3 is 2.55 bits per heavy atom. The first-order chi connectivity index (χ1) is 15.2. The lowest BCUT2D eigenvalue weighted by Gasteiger charge is -2.13. The van der Waals surface area contributed by atoms with Gasteiger partial charge in [-0.3, -0.25) is 0 Å². The Bertz CT molecular complexity index is 1290. The van der Waals surface area contributed by atoms with Gasteiger partial charge < -0.3 is 4.57 Å². The number of aryl methyl sites for hydroxylation is 1.